The fraction of sp³-hybridized carbons (Fsp3) is 0.429. The third kappa shape index (κ3) is 6.35. The number of pyridine rings is 1. The molecule has 1 fully saturated rings. The van der Waals surface area contributed by atoms with Crippen molar-refractivity contribution in [1.29, 1.82) is 0 Å². The van der Waals surface area contributed by atoms with Crippen molar-refractivity contribution in [1.82, 2.24) is 15.2 Å². The first-order valence-corrected chi connectivity index (χ1v) is 13.2. The molecule has 0 radical (unpaired) electrons. The van der Waals surface area contributed by atoms with E-state index in [1.54, 1.807) is 30.5 Å². The molecule has 0 aliphatic carbocycles. The predicted octanol–water partition coefficient (Wildman–Crippen LogP) is 6.87. The van der Waals surface area contributed by atoms with Crippen LogP contribution in [-0.4, -0.2) is 41.3 Å². The summed E-state index contributed by atoms with van der Waals surface area (Å²) in [5.74, 6) is 0.148. The van der Waals surface area contributed by atoms with E-state index >= 15 is 0 Å². The maximum atomic E-state index is 14.7. The van der Waals surface area contributed by atoms with Crippen molar-refractivity contribution >= 4 is 17.4 Å². The zero-order valence-electron chi connectivity index (χ0n) is 21.5. The lowest BCUT2D eigenvalue weighted by atomic mass is 9.74. The number of ether oxygens (including phenoxy) is 1. The summed E-state index contributed by atoms with van der Waals surface area (Å²) >= 11 is 0.927. The maximum absolute atomic E-state index is 14.7. The van der Waals surface area contributed by atoms with Gasteiger partial charge in [0.2, 0.25) is 0 Å². The van der Waals surface area contributed by atoms with Gasteiger partial charge in [0.05, 0.1) is 0 Å². The molecule has 1 N–H and O–H groups in total. The molecular weight excluding hydrogens is 518 g/mol. The molecule has 4 rings (SSSR count). The third-order valence-corrected chi connectivity index (χ3v) is 8.38. The minimum Gasteiger partial charge on any atom is -0.410 e. The van der Waals surface area contributed by atoms with Crippen molar-refractivity contribution in [2.45, 2.75) is 57.8 Å². The van der Waals surface area contributed by atoms with E-state index in [1.165, 1.54) is 18.2 Å². The van der Waals surface area contributed by atoms with Crippen LogP contribution in [-0.2, 0) is 12.0 Å². The summed E-state index contributed by atoms with van der Waals surface area (Å²) < 4.78 is 62.8. The molecule has 0 unspecified atom stereocenters. The Labute approximate surface area is 223 Å². The summed E-state index contributed by atoms with van der Waals surface area (Å²) in [7, 11) is 0. The molecule has 1 saturated heterocycles. The highest BCUT2D eigenvalue weighted by atomic mass is 32.1. The number of hydrogen-bond acceptors (Lipinski definition) is 5. The van der Waals surface area contributed by atoms with Gasteiger partial charge in [0.15, 0.2) is 5.13 Å². The van der Waals surface area contributed by atoms with Crippen LogP contribution >= 0.6 is 11.3 Å². The first-order valence-electron chi connectivity index (χ1n) is 12.4. The number of amides is 1. The molecule has 204 valence electrons. The number of nitrogens with one attached hydrogen (secondary N) is 1. The van der Waals surface area contributed by atoms with Gasteiger partial charge in [-0.1, -0.05) is 24.3 Å². The predicted molar refractivity (Wildman–Crippen MR) is 139 cm³/mol. The Hall–Kier alpha value is -2.98. The zero-order valence-corrected chi connectivity index (χ0v) is 22.3. The molecule has 2 aromatic heterocycles. The van der Waals surface area contributed by atoms with Gasteiger partial charge in [-0.2, -0.15) is 17.6 Å². The Morgan fingerprint density at radius 3 is 2.50 bits per heavy atom. The maximum Gasteiger partial charge on any atom is 0.413 e. The van der Waals surface area contributed by atoms with Gasteiger partial charge in [0, 0.05) is 34.3 Å². The number of benzene rings is 1. The van der Waals surface area contributed by atoms with Crippen molar-refractivity contribution in [3.05, 3.63) is 82.1 Å². The SMILES string of the molecule is Cc1ccc(C(C)(C)N2CC[C@@](CCc3ccc(F)s3)([C@@H](NC(=O)Oc3ccccc3)C(F)(F)F)C2)cn1. The second-order valence-corrected chi connectivity index (χ2v) is 11.4. The van der Waals surface area contributed by atoms with E-state index in [0.29, 0.717) is 11.4 Å². The number of aromatic nitrogens is 1. The Kier molecular flexibility index (Phi) is 8.13. The molecule has 3 aromatic rings. The highest BCUT2D eigenvalue weighted by Gasteiger charge is 2.58. The number of alkyl halides is 3. The van der Waals surface area contributed by atoms with Crippen molar-refractivity contribution in [2.75, 3.05) is 13.1 Å². The van der Waals surface area contributed by atoms with Crippen LogP contribution in [0, 0.1) is 17.5 Å². The normalized spacial score (nSPS) is 19.3. The number of carbonyl (C=O) groups is 1. The van der Waals surface area contributed by atoms with Crippen LogP contribution < -0.4 is 10.1 Å². The highest BCUT2D eigenvalue weighted by molar-refractivity contribution is 7.10. The molecule has 5 nitrogen and oxygen atoms in total. The smallest absolute Gasteiger partial charge is 0.410 e. The lowest BCUT2D eigenvalue weighted by molar-refractivity contribution is -0.182. The first-order chi connectivity index (χ1) is 17.9. The van der Waals surface area contributed by atoms with Crippen molar-refractivity contribution < 1.29 is 27.1 Å². The lowest BCUT2D eigenvalue weighted by Gasteiger charge is -2.42. The number of carbonyl (C=O) groups excluding carboxylic acids is 1. The quantitative estimate of drug-likeness (QED) is 0.312. The van der Waals surface area contributed by atoms with Gasteiger partial charge in [-0.05, 0) is 82.5 Å². The van der Waals surface area contributed by atoms with Crippen LogP contribution in [0.1, 0.15) is 42.8 Å². The number of para-hydroxylation sites is 1. The number of nitrogens with zero attached hydrogens (tertiary/aromatic N) is 2. The summed E-state index contributed by atoms with van der Waals surface area (Å²) in [6.45, 7) is 6.27. The van der Waals surface area contributed by atoms with E-state index < -0.39 is 29.3 Å². The molecule has 0 spiro atoms. The lowest BCUT2D eigenvalue weighted by Crippen LogP contribution is -2.58. The van der Waals surface area contributed by atoms with Crippen LogP contribution in [0.25, 0.3) is 0 Å². The first kappa shape index (κ1) is 28.0. The monoisotopic (exact) mass is 549 g/mol. The number of rotatable bonds is 8. The van der Waals surface area contributed by atoms with Gasteiger partial charge < -0.3 is 10.1 Å². The molecular formula is C28H31F4N3O2S. The van der Waals surface area contributed by atoms with Crippen LogP contribution in [0.3, 0.4) is 0 Å². The van der Waals surface area contributed by atoms with Crippen LogP contribution in [0.5, 0.6) is 5.75 Å². The summed E-state index contributed by atoms with van der Waals surface area (Å²) in [4.78, 5) is 19.7. The Bertz CT molecular complexity index is 1230. The number of likely N-dealkylation sites (tertiary alicyclic amines) is 1. The molecule has 0 saturated carbocycles. The van der Waals surface area contributed by atoms with E-state index in [2.05, 4.69) is 10.3 Å². The Morgan fingerprint density at radius 2 is 1.89 bits per heavy atom. The summed E-state index contributed by atoms with van der Waals surface area (Å²) in [5, 5.41) is 1.77. The second-order valence-electron chi connectivity index (χ2n) is 10.3. The van der Waals surface area contributed by atoms with E-state index in [0.717, 1.165) is 22.6 Å². The summed E-state index contributed by atoms with van der Waals surface area (Å²) in [6, 6.07) is 12.5. The second kappa shape index (κ2) is 11.0. The van der Waals surface area contributed by atoms with Gasteiger partial charge in [-0.15, -0.1) is 11.3 Å². The van der Waals surface area contributed by atoms with Gasteiger partial charge >= 0.3 is 12.3 Å². The minimum absolute atomic E-state index is 0.0809. The molecule has 1 aliphatic heterocycles. The van der Waals surface area contributed by atoms with E-state index in [1.807, 2.05) is 37.8 Å². The van der Waals surface area contributed by atoms with Crippen molar-refractivity contribution in [3.63, 3.8) is 0 Å². The van der Waals surface area contributed by atoms with Crippen LogP contribution in [0.15, 0.2) is 60.8 Å². The molecule has 3 heterocycles. The molecule has 1 amide bonds. The van der Waals surface area contributed by atoms with Gasteiger partial charge in [0.1, 0.15) is 11.8 Å². The minimum atomic E-state index is -4.73. The molecule has 2 atom stereocenters. The Morgan fingerprint density at radius 1 is 1.16 bits per heavy atom. The highest BCUT2D eigenvalue weighted by Crippen LogP contribution is 2.48. The zero-order chi connectivity index (χ0) is 27.6. The van der Waals surface area contributed by atoms with Crippen molar-refractivity contribution in [3.8, 4) is 5.75 Å². The molecule has 38 heavy (non-hydrogen) atoms. The summed E-state index contributed by atoms with van der Waals surface area (Å²) in [5.41, 5.74) is -0.219. The van der Waals surface area contributed by atoms with Gasteiger partial charge in [0.25, 0.3) is 0 Å². The molecule has 1 aromatic carbocycles. The topological polar surface area (TPSA) is 54.5 Å². The molecule has 0 bridgehead atoms. The number of hydrogen-bond donors (Lipinski definition) is 1. The number of thiophene rings is 1. The average molecular weight is 550 g/mol. The standard InChI is InChI=1S/C28H31F4N3O2S/c1-19-9-10-20(17-33-19)26(2,3)35-16-15-27(18-35,14-13-22-11-12-23(29)38-22)24(28(30,31)32)34-25(36)37-21-7-5-4-6-8-21/h4-12,17,24H,13-16,18H2,1-3H3,(H,34,36)/t24-,27-/m1/s1. The van der Waals surface area contributed by atoms with Crippen molar-refractivity contribution in [2.24, 2.45) is 5.41 Å². The average Bonchev–Trinajstić information content (AvgIpc) is 3.49. The summed E-state index contributed by atoms with van der Waals surface area (Å²) in [6.07, 6.45) is -3.58. The number of aryl methyl sites for hydroxylation is 2. The fourth-order valence-electron chi connectivity index (χ4n) is 5.15. The van der Waals surface area contributed by atoms with E-state index in [-0.39, 0.29) is 36.7 Å². The third-order valence-electron chi connectivity index (χ3n) is 7.45. The molecule has 10 heteroatoms. The largest absolute Gasteiger partial charge is 0.413 e. The van der Waals surface area contributed by atoms with E-state index in [4.69, 9.17) is 4.74 Å². The van der Waals surface area contributed by atoms with Gasteiger partial charge in [-0.3, -0.25) is 9.88 Å². The van der Waals surface area contributed by atoms with E-state index in [9.17, 15) is 22.4 Å². The van der Waals surface area contributed by atoms with Crippen LogP contribution in [0.2, 0.25) is 0 Å². The number of halogens is 4. The van der Waals surface area contributed by atoms with Crippen LogP contribution in [0.4, 0.5) is 22.4 Å². The van der Waals surface area contributed by atoms with Gasteiger partial charge in [-0.25, -0.2) is 4.79 Å². The Balaban J connectivity index is 1.63. The fourth-order valence-corrected chi connectivity index (χ4v) is 5.88. The molecule has 1 aliphatic rings.